The van der Waals surface area contributed by atoms with Gasteiger partial charge in [0, 0.05) is 0 Å². The van der Waals surface area contributed by atoms with Gasteiger partial charge in [-0.05, 0) is 12.3 Å². The normalized spacial score (nSPS) is 22.8. The average Bonchev–Trinajstić information content (AvgIpc) is 2.92. The lowest BCUT2D eigenvalue weighted by molar-refractivity contribution is -0.146. The van der Waals surface area contributed by atoms with Crippen molar-refractivity contribution in [2.45, 2.75) is 25.3 Å². The third-order valence-electron chi connectivity index (χ3n) is 2.73. The Morgan fingerprint density at radius 2 is 2.20 bits per heavy atom. The quantitative estimate of drug-likeness (QED) is 0.631. The monoisotopic (exact) mass is 212 g/mol. The highest BCUT2D eigenvalue weighted by Gasteiger charge is 2.41. The summed E-state index contributed by atoms with van der Waals surface area (Å²) in [6.07, 6.45) is 2.37. The summed E-state index contributed by atoms with van der Waals surface area (Å²) in [5.41, 5.74) is 0. The maximum Gasteiger partial charge on any atom is 0.327 e. The average molecular weight is 212 g/mol. The highest BCUT2D eigenvalue weighted by atomic mass is 16.4. The molecular weight excluding hydrogens is 200 g/mol. The zero-order valence-corrected chi connectivity index (χ0v) is 8.10. The maximum atomic E-state index is 11.3. The van der Waals surface area contributed by atoms with Gasteiger partial charge in [-0.2, -0.15) is 0 Å². The second kappa shape index (κ2) is 3.52. The van der Waals surface area contributed by atoms with Crippen LogP contribution in [0.15, 0.2) is 0 Å². The number of nitrogens with one attached hydrogen (secondary N) is 1. The Bertz CT molecular complexity index is 308. The van der Waals surface area contributed by atoms with Gasteiger partial charge in [0.05, 0.1) is 6.54 Å². The van der Waals surface area contributed by atoms with Crippen LogP contribution in [0.4, 0.5) is 4.79 Å². The number of aliphatic carboxylic acids is 1. The molecule has 0 radical (unpaired) electrons. The van der Waals surface area contributed by atoms with Crippen LogP contribution in [0.5, 0.6) is 0 Å². The highest BCUT2D eigenvalue weighted by molar-refractivity contribution is 6.04. The molecule has 1 heterocycles. The zero-order valence-electron chi connectivity index (χ0n) is 8.10. The summed E-state index contributed by atoms with van der Waals surface area (Å²) in [5, 5.41) is 11.3. The van der Waals surface area contributed by atoms with Crippen molar-refractivity contribution in [2.24, 2.45) is 5.92 Å². The second-order valence-corrected chi connectivity index (χ2v) is 3.96. The Hall–Kier alpha value is -1.59. The first-order valence-electron chi connectivity index (χ1n) is 4.92. The van der Waals surface area contributed by atoms with Crippen LogP contribution in [0.1, 0.15) is 19.3 Å². The van der Waals surface area contributed by atoms with Crippen LogP contribution in [-0.4, -0.2) is 40.5 Å². The summed E-state index contributed by atoms with van der Waals surface area (Å²) in [6.45, 7) is -0.0900. The molecule has 6 nitrogen and oxygen atoms in total. The van der Waals surface area contributed by atoms with E-state index in [0.29, 0.717) is 12.3 Å². The van der Waals surface area contributed by atoms with Gasteiger partial charge in [-0.25, -0.2) is 14.5 Å². The molecule has 6 heteroatoms. The number of amides is 3. The SMILES string of the molecule is O=C(O)[C@H](CC1CC1)N1C(=O)CNC1=O. The van der Waals surface area contributed by atoms with Crippen molar-refractivity contribution in [3.63, 3.8) is 0 Å². The first kappa shape index (κ1) is 9.95. The van der Waals surface area contributed by atoms with Crippen molar-refractivity contribution in [3.8, 4) is 0 Å². The van der Waals surface area contributed by atoms with Crippen molar-refractivity contribution in [1.82, 2.24) is 10.2 Å². The summed E-state index contributed by atoms with van der Waals surface area (Å²) in [4.78, 5) is 34.4. The molecule has 1 atom stereocenters. The van der Waals surface area contributed by atoms with Crippen LogP contribution >= 0.6 is 0 Å². The number of urea groups is 1. The molecule has 15 heavy (non-hydrogen) atoms. The number of rotatable bonds is 4. The number of nitrogens with zero attached hydrogens (tertiary/aromatic N) is 1. The molecule has 1 saturated heterocycles. The molecule has 2 aliphatic rings. The van der Waals surface area contributed by atoms with Gasteiger partial charge < -0.3 is 10.4 Å². The van der Waals surface area contributed by atoms with E-state index < -0.39 is 23.9 Å². The molecule has 82 valence electrons. The van der Waals surface area contributed by atoms with Crippen molar-refractivity contribution < 1.29 is 19.5 Å². The standard InChI is InChI=1S/C9H12N2O4/c12-7-4-10-9(15)11(7)6(8(13)14)3-5-1-2-5/h5-6H,1-4H2,(H,10,15)(H,13,14)/t6-/m0/s1. The molecule has 0 aromatic carbocycles. The molecule has 0 aromatic rings. The van der Waals surface area contributed by atoms with Crippen LogP contribution < -0.4 is 5.32 Å². The fourth-order valence-electron chi connectivity index (χ4n) is 1.74. The number of hydrogen-bond donors (Lipinski definition) is 2. The minimum Gasteiger partial charge on any atom is -0.480 e. The van der Waals surface area contributed by atoms with E-state index in [1.807, 2.05) is 0 Å². The Kier molecular flexibility index (Phi) is 2.34. The van der Waals surface area contributed by atoms with E-state index in [9.17, 15) is 14.4 Å². The molecule has 0 aromatic heterocycles. The van der Waals surface area contributed by atoms with Crippen molar-refractivity contribution in [1.29, 1.82) is 0 Å². The Balaban J connectivity index is 2.11. The molecule has 1 saturated carbocycles. The summed E-state index contributed by atoms with van der Waals surface area (Å²) in [5.74, 6) is -1.20. The minimum absolute atomic E-state index is 0.0900. The third kappa shape index (κ3) is 1.93. The van der Waals surface area contributed by atoms with Crippen LogP contribution in [0.2, 0.25) is 0 Å². The predicted molar refractivity (Wildman–Crippen MR) is 49.0 cm³/mol. The van der Waals surface area contributed by atoms with E-state index in [1.165, 1.54) is 0 Å². The lowest BCUT2D eigenvalue weighted by atomic mass is 10.1. The van der Waals surface area contributed by atoms with Gasteiger partial charge in [0.25, 0.3) is 5.91 Å². The van der Waals surface area contributed by atoms with Gasteiger partial charge in [-0.1, -0.05) is 12.8 Å². The van der Waals surface area contributed by atoms with Crippen LogP contribution in [0.25, 0.3) is 0 Å². The fourth-order valence-corrected chi connectivity index (χ4v) is 1.74. The molecule has 1 aliphatic carbocycles. The van der Waals surface area contributed by atoms with E-state index in [1.54, 1.807) is 0 Å². The van der Waals surface area contributed by atoms with Crippen molar-refractivity contribution in [3.05, 3.63) is 0 Å². The smallest absolute Gasteiger partial charge is 0.327 e. The van der Waals surface area contributed by atoms with Gasteiger partial charge in [0.15, 0.2) is 0 Å². The predicted octanol–water partition coefficient (Wildman–Crippen LogP) is -0.209. The molecule has 3 amide bonds. The minimum atomic E-state index is -1.10. The molecule has 2 rings (SSSR count). The number of carbonyl (C=O) groups excluding carboxylic acids is 2. The Morgan fingerprint density at radius 1 is 1.53 bits per heavy atom. The maximum absolute atomic E-state index is 11.3. The molecule has 0 spiro atoms. The Labute approximate surface area is 86.2 Å². The molecule has 0 unspecified atom stereocenters. The summed E-state index contributed by atoms with van der Waals surface area (Å²) >= 11 is 0. The van der Waals surface area contributed by atoms with E-state index >= 15 is 0 Å². The van der Waals surface area contributed by atoms with Crippen LogP contribution in [0.3, 0.4) is 0 Å². The summed E-state index contributed by atoms with van der Waals surface area (Å²) in [7, 11) is 0. The topological polar surface area (TPSA) is 86.7 Å². The molecule has 2 N–H and O–H groups in total. The summed E-state index contributed by atoms with van der Waals surface area (Å²) in [6, 6.07) is -1.58. The molecule has 1 aliphatic heterocycles. The Morgan fingerprint density at radius 3 is 2.60 bits per heavy atom. The van der Waals surface area contributed by atoms with E-state index in [-0.39, 0.29) is 6.54 Å². The van der Waals surface area contributed by atoms with Gasteiger partial charge in [-0.3, -0.25) is 4.79 Å². The van der Waals surface area contributed by atoms with E-state index in [2.05, 4.69) is 5.32 Å². The number of hydrogen-bond acceptors (Lipinski definition) is 3. The van der Waals surface area contributed by atoms with Gasteiger partial charge in [0.2, 0.25) is 0 Å². The number of carbonyl (C=O) groups is 3. The van der Waals surface area contributed by atoms with Gasteiger partial charge in [0.1, 0.15) is 6.04 Å². The summed E-state index contributed by atoms with van der Waals surface area (Å²) < 4.78 is 0. The molecular formula is C9H12N2O4. The van der Waals surface area contributed by atoms with Crippen molar-refractivity contribution in [2.75, 3.05) is 6.54 Å². The highest BCUT2D eigenvalue weighted by Crippen LogP contribution is 2.35. The zero-order chi connectivity index (χ0) is 11.0. The second-order valence-electron chi connectivity index (χ2n) is 3.96. The van der Waals surface area contributed by atoms with E-state index in [4.69, 9.17) is 5.11 Å². The molecule has 2 fully saturated rings. The largest absolute Gasteiger partial charge is 0.480 e. The first-order chi connectivity index (χ1) is 7.09. The number of imide groups is 1. The van der Waals surface area contributed by atoms with Gasteiger partial charge in [-0.15, -0.1) is 0 Å². The van der Waals surface area contributed by atoms with Crippen LogP contribution in [0, 0.1) is 5.92 Å². The first-order valence-corrected chi connectivity index (χ1v) is 4.92. The lowest BCUT2D eigenvalue weighted by Crippen LogP contribution is -2.45. The fraction of sp³-hybridized carbons (Fsp3) is 0.667. The lowest BCUT2D eigenvalue weighted by Gasteiger charge is -2.20. The number of carboxylic acid groups (broad SMARTS) is 1. The molecule has 0 bridgehead atoms. The van der Waals surface area contributed by atoms with Crippen molar-refractivity contribution >= 4 is 17.9 Å². The number of carboxylic acids is 1. The van der Waals surface area contributed by atoms with Crippen LogP contribution in [-0.2, 0) is 9.59 Å². The van der Waals surface area contributed by atoms with E-state index in [0.717, 1.165) is 17.7 Å². The van der Waals surface area contributed by atoms with Gasteiger partial charge >= 0.3 is 12.0 Å². The third-order valence-corrected chi connectivity index (χ3v) is 2.73.